The smallest absolute Gasteiger partial charge is 0.170 e. The zero-order valence-electron chi connectivity index (χ0n) is 17.7. The lowest BCUT2D eigenvalue weighted by atomic mass is 9.85. The van der Waals surface area contributed by atoms with Crippen molar-refractivity contribution >= 4 is 23.0 Å². The van der Waals surface area contributed by atoms with E-state index in [9.17, 15) is 4.79 Å². The van der Waals surface area contributed by atoms with Gasteiger partial charge in [-0.1, -0.05) is 42.8 Å². The average Bonchev–Trinajstić information content (AvgIpc) is 3.09. The van der Waals surface area contributed by atoms with E-state index < -0.39 is 0 Å². The summed E-state index contributed by atoms with van der Waals surface area (Å²) in [6, 6.07) is 14.2. The molecule has 30 heavy (non-hydrogen) atoms. The van der Waals surface area contributed by atoms with E-state index in [2.05, 4.69) is 25.1 Å². The van der Waals surface area contributed by atoms with E-state index >= 15 is 0 Å². The first-order chi connectivity index (χ1) is 14.6. The first kappa shape index (κ1) is 21.1. The maximum Gasteiger partial charge on any atom is 0.170 e. The third-order valence-corrected chi connectivity index (χ3v) is 6.72. The minimum Gasteiger partial charge on any atom is -0.500 e. The van der Waals surface area contributed by atoms with Gasteiger partial charge in [-0.25, -0.2) is 0 Å². The number of halogens is 1. The van der Waals surface area contributed by atoms with Crippen molar-refractivity contribution in [1.82, 2.24) is 0 Å². The van der Waals surface area contributed by atoms with Gasteiger partial charge in [0.15, 0.2) is 5.78 Å². The molecule has 4 heteroatoms. The zero-order chi connectivity index (χ0) is 21.1. The van der Waals surface area contributed by atoms with Crippen LogP contribution in [0.2, 0.25) is 5.02 Å². The Kier molecular flexibility index (Phi) is 6.60. The van der Waals surface area contributed by atoms with Crippen LogP contribution in [0.5, 0.6) is 0 Å². The highest BCUT2D eigenvalue weighted by Gasteiger charge is 2.37. The van der Waals surface area contributed by atoms with Crippen LogP contribution in [0.25, 0.3) is 16.7 Å². The van der Waals surface area contributed by atoms with Crippen LogP contribution < -0.4 is 0 Å². The molecule has 2 aliphatic rings. The summed E-state index contributed by atoms with van der Waals surface area (Å²) in [6.07, 6.45) is 4.60. The number of hydrogen-bond donors (Lipinski definition) is 0. The number of methoxy groups -OCH3 is 1. The molecule has 2 aromatic carbocycles. The van der Waals surface area contributed by atoms with Gasteiger partial charge in [-0.05, 0) is 72.1 Å². The van der Waals surface area contributed by atoms with E-state index in [1.165, 1.54) is 5.56 Å². The van der Waals surface area contributed by atoms with Gasteiger partial charge in [0, 0.05) is 30.6 Å². The number of benzene rings is 2. The van der Waals surface area contributed by atoms with Crippen LogP contribution in [0.4, 0.5) is 0 Å². The van der Waals surface area contributed by atoms with Crippen LogP contribution >= 0.6 is 11.6 Å². The first-order valence-corrected chi connectivity index (χ1v) is 11.3. The Morgan fingerprint density at radius 3 is 2.43 bits per heavy atom. The van der Waals surface area contributed by atoms with Crippen LogP contribution in [0.3, 0.4) is 0 Å². The minimum atomic E-state index is 0.0157. The second kappa shape index (κ2) is 9.36. The molecule has 1 heterocycles. The molecule has 2 aromatic rings. The number of carbonyl (C=O) groups is 1. The minimum absolute atomic E-state index is 0.0157. The molecular weight excluding hydrogens is 396 g/mol. The molecule has 0 saturated carbocycles. The Balaban J connectivity index is 1.67. The number of ether oxygens (including phenoxy) is 2. The molecule has 0 N–H and O–H groups in total. The van der Waals surface area contributed by atoms with Gasteiger partial charge in [-0.2, -0.15) is 0 Å². The number of carbonyl (C=O) groups excluding carboxylic acids is 1. The van der Waals surface area contributed by atoms with Gasteiger partial charge in [0.2, 0.25) is 0 Å². The molecule has 158 valence electrons. The average molecular weight is 425 g/mol. The molecule has 1 unspecified atom stereocenters. The van der Waals surface area contributed by atoms with Crippen molar-refractivity contribution in [1.29, 1.82) is 0 Å². The zero-order valence-corrected chi connectivity index (χ0v) is 18.5. The van der Waals surface area contributed by atoms with E-state index in [1.54, 1.807) is 7.11 Å². The van der Waals surface area contributed by atoms with Gasteiger partial charge in [0.25, 0.3) is 0 Å². The SMILES string of the molecule is CCc1ccc(-c2ccc(Cl)cc2)cc1C1=C(OC)CC(CC2CCOCC2)C1=O. The first-order valence-electron chi connectivity index (χ1n) is 10.9. The fourth-order valence-corrected chi connectivity index (χ4v) is 4.87. The molecule has 0 aromatic heterocycles. The fourth-order valence-electron chi connectivity index (χ4n) is 4.74. The van der Waals surface area contributed by atoms with E-state index in [4.69, 9.17) is 21.1 Å². The van der Waals surface area contributed by atoms with Gasteiger partial charge in [-0.15, -0.1) is 0 Å². The summed E-state index contributed by atoms with van der Waals surface area (Å²) in [6.45, 7) is 3.75. The maximum atomic E-state index is 13.5. The Bertz CT molecular complexity index is 939. The van der Waals surface area contributed by atoms with Crippen LogP contribution in [0.1, 0.15) is 43.7 Å². The molecule has 0 amide bonds. The second-order valence-electron chi connectivity index (χ2n) is 8.29. The lowest BCUT2D eigenvalue weighted by Crippen LogP contribution is -2.21. The summed E-state index contributed by atoms with van der Waals surface area (Å²) in [7, 11) is 1.69. The molecule has 3 nitrogen and oxygen atoms in total. The van der Waals surface area contributed by atoms with Crippen molar-refractivity contribution in [2.75, 3.05) is 20.3 Å². The summed E-state index contributed by atoms with van der Waals surface area (Å²) < 4.78 is 11.2. The number of rotatable bonds is 6. The molecule has 4 rings (SSSR count). The number of Topliss-reactive ketones (excluding diaryl/α,β-unsaturated/α-hetero) is 1. The Morgan fingerprint density at radius 1 is 1.07 bits per heavy atom. The number of hydrogen-bond acceptors (Lipinski definition) is 3. The maximum absolute atomic E-state index is 13.5. The van der Waals surface area contributed by atoms with Crippen molar-refractivity contribution in [2.24, 2.45) is 11.8 Å². The quantitative estimate of drug-likeness (QED) is 0.543. The highest BCUT2D eigenvalue weighted by Crippen LogP contribution is 2.41. The van der Waals surface area contributed by atoms with Gasteiger partial charge in [-0.3, -0.25) is 4.79 Å². The lowest BCUT2D eigenvalue weighted by molar-refractivity contribution is -0.117. The molecule has 1 fully saturated rings. The second-order valence-corrected chi connectivity index (χ2v) is 8.73. The van der Waals surface area contributed by atoms with Gasteiger partial charge in [0.1, 0.15) is 5.76 Å². The summed E-state index contributed by atoms with van der Waals surface area (Å²) in [5, 5.41) is 0.718. The molecule has 1 atom stereocenters. The number of aryl methyl sites for hydroxylation is 1. The van der Waals surface area contributed by atoms with Crippen LogP contribution in [0.15, 0.2) is 48.2 Å². The monoisotopic (exact) mass is 424 g/mol. The summed E-state index contributed by atoms with van der Waals surface area (Å²) >= 11 is 6.06. The topological polar surface area (TPSA) is 35.5 Å². The number of allylic oxidation sites excluding steroid dienone is 2. The van der Waals surface area contributed by atoms with Gasteiger partial charge >= 0.3 is 0 Å². The molecule has 0 radical (unpaired) electrons. The Hall–Kier alpha value is -2.10. The van der Waals surface area contributed by atoms with Crippen molar-refractivity contribution in [3.8, 4) is 11.1 Å². The third-order valence-electron chi connectivity index (χ3n) is 6.47. The van der Waals surface area contributed by atoms with E-state index in [0.717, 1.165) is 71.9 Å². The summed E-state index contributed by atoms with van der Waals surface area (Å²) in [5.41, 5.74) is 5.15. The Morgan fingerprint density at radius 2 is 1.77 bits per heavy atom. The molecule has 1 aliphatic heterocycles. The van der Waals surface area contributed by atoms with Crippen molar-refractivity contribution < 1.29 is 14.3 Å². The van der Waals surface area contributed by atoms with Crippen LogP contribution in [-0.4, -0.2) is 26.1 Å². The molecule has 1 aliphatic carbocycles. The van der Waals surface area contributed by atoms with Crippen molar-refractivity contribution in [3.63, 3.8) is 0 Å². The third kappa shape index (κ3) is 4.33. The summed E-state index contributed by atoms with van der Waals surface area (Å²) in [5.74, 6) is 1.65. The van der Waals surface area contributed by atoms with Crippen LogP contribution in [-0.2, 0) is 20.7 Å². The molecule has 0 bridgehead atoms. The highest BCUT2D eigenvalue weighted by atomic mass is 35.5. The van der Waals surface area contributed by atoms with E-state index in [-0.39, 0.29) is 11.7 Å². The largest absolute Gasteiger partial charge is 0.500 e. The molecular formula is C26H29ClO3. The number of ketones is 1. The predicted octanol–water partition coefficient (Wildman–Crippen LogP) is 6.33. The standard InChI is InChI=1S/C26H29ClO3/c1-3-18-4-5-20(19-6-8-22(27)9-7-19)15-23(18)25-24(29-2)16-21(26(25)28)14-17-10-12-30-13-11-17/h4-9,15,17,21H,3,10-14,16H2,1-2H3. The highest BCUT2D eigenvalue weighted by molar-refractivity contribution is 6.30. The molecule has 0 spiro atoms. The van der Waals surface area contributed by atoms with Gasteiger partial charge in [0.05, 0.1) is 12.7 Å². The molecule has 1 saturated heterocycles. The lowest BCUT2D eigenvalue weighted by Gasteiger charge is -2.24. The van der Waals surface area contributed by atoms with Gasteiger partial charge < -0.3 is 9.47 Å². The fraction of sp³-hybridized carbons (Fsp3) is 0.423. The predicted molar refractivity (Wildman–Crippen MR) is 121 cm³/mol. The van der Waals surface area contributed by atoms with E-state index in [1.807, 2.05) is 24.3 Å². The van der Waals surface area contributed by atoms with E-state index in [0.29, 0.717) is 12.3 Å². The Labute approximate surface area is 184 Å². The summed E-state index contributed by atoms with van der Waals surface area (Å²) in [4.78, 5) is 13.5. The van der Waals surface area contributed by atoms with Crippen molar-refractivity contribution in [2.45, 2.75) is 39.0 Å². The van der Waals surface area contributed by atoms with Crippen molar-refractivity contribution in [3.05, 3.63) is 64.4 Å². The van der Waals surface area contributed by atoms with Crippen LogP contribution in [0, 0.1) is 11.8 Å². The normalized spacial score (nSPS) is 20.1.